The molecule has 3 unspecified atom stereocenters. The van der Waals surface area contributed by atoms with Crippen molar-refractivity contribution in [1.82, 2.24) is 0 Å². The lowest BCUT2D eigenvalue weighted by atomic mass is 9.90. The molecule has 0 bridgehead atoms. The van der Waals surface area contributed by atoms with Crippen LogP contribution in [0.25, 0.3) is 0 Å². The summed E-state index contributed by atoms with van der Waals surface area (Å²) in [5, 5.41) is 0. The van der Waals surface area contributed by atoms with E-state index in [1.165, 1.54) is 12.8 Å². The van der Waals surface area contributed by atoms with E-state index in [2.05, 4.69) is 19.9 Å². The van der Waals surface area contributed by atoms with Gasteiger partial charge in [0, 0.05) is 0 Å². The fraction of sp³-hybridized carbons (Fsp3) is 0.778. The summed E-state index contributed by atoms with van der Waals surface area (Å²) in [7, 11) is 0. The van der Waals surface area contributed by atoms with Crippen molar-refractivity contribution in [2.24, 2.45) is 17.8 Å². The zero-order chi connectivity index (χ0) is 6.43. The van der Waals surface area contributed by atoms with Crippen molar-refractivity contribution >= 4 is 0 Å². The third-order valence-corrected chi connectivity index (χ3v) is 2.89. The van der Waals surface area contributed by atoms with E-state index in [0.717, 1.165) is 17.8 Å². The van der Waals surface area contributed by atoms with Crippen LogP contribution in [0.1, 0.15) is 26.7 Å². The van der Waals surface area contributed by atoms with Gasteiger partial charge in [-0.1, -0.05) is 18.6 Å². The van der Waals surface area contributed by atoms with Crippen molar-refractivity contribution in [2.75, 3.05) is 0 Å². The Labute approximate surface area is 57.0 Å². The van der Waals surface area contributed by atoms with Gasteiger partial charge in [-0.25, -0.2) is 0 Å². The van der Waals surface area contributed by atoms with Crippen LogP contribution in [-0.4, -0.2) is 0 Å². The predicted octanol–water partition coefficient (Wildman–Crippen LogP) is 2.61. The molecule has 0 heteroatoms. The van der Waals surface area contributed by atoms with E-state index in [0.29, 0.717) is 0 Å². The molecule has 2 aliphatic rings. The first-order valence-electron chi connectivity index (χ1n) is 3.95. The summed E-state index contributed by atoms with van der Waals surface area (Å²) in [5.41, 5.74) is 1.63. The van der Waals surface area contributed by atoms with Crippen molar-refractivity contribution in [3.05, 3.63) is 11.6 Å². The summed E-state index contributed by atoms with van der Waals surface area (Å²) in [6, 6.07) is 0. The van der Waals surface area contributed by atoms with E-state index in [1.54, 1.807) is 5.57 Å². The van der Waals surface area contributed by atoms with Crippen LogP contribution in [0, 0.1) is 17.8 Å². The Morgan fingerprint density at radius 1 is 1.44 bits per heavy atom. The minimum absolute atomic E-state index is 0.883. The highest BCUT2D eigenvalue weighted by molar-refractivity contribution is 5.16. The quantitative estimate of drug-likeness (QED) is 0.433. The van der Waals surface area contributed by atoms with Gasteiger partial charge < -0.3 is 0 Å². The Bertz CT molecular complexity index is 155. The zero-order valence-electron chi connectivity index (χ0n) is 6.22. The molecule has 3 atom stereocenters. The Morgan fingerprint density at radius 3 is 2.89 bits per heavy atom. The molecular formula is C9H14. The van der Waals surface area contributed by atoms with Crippen molar-refractivity contribution in [3.8, 4) is 0 Å². The molecule has 0 saturated heterocycles. The van der Waals surface area contributed by atoms with Gasteiger partial charge in [0.15, 0.2) is 0 Å². The predicted molar refractivity (Wildman–Crippen MR) is 39.1 cm³/mol. The number of allylic oxidation sites excluding steroid dienone is 2. The number of rotatable bonds is 0. The lowest BCUT2D eigenvalue weighted by molar-refractivity contribution is 0.524. The molecule has 0 spiro atoms. The van der Waals surface area contributed by atoms with Crippen molar-refractivity contribution < 1.29 is 0 Å². The molecule has 0 amide bonds. The van der Waals surface area contributed by atoms with Gasteiger partial charge in [-0.2, -0.15) is 0 Å². The average molecular weight is 122 g/mol. The van der Waals surface area contributed by atoms with Gasteiger partial charge in [0.1, 0.15) is 0 Å². The van der Waals surface area contributed by atoms with Crippen molar-refractivity contribution in [1.29, 1.82) is 0 Å². The van der Waals surface area contributed by atoms with Gasteiger partial charge >= 0.3 is 0 Å². The SMILES string of the molecule is CC1=CC2CC2CC1C. The Morgan fingerprint density at radius 2 is 2.22 bits per heavy atom. The average Bonchev–Trinajstić information content (AvgIpc) is 2.46. The van der Waals surface area contributed by atoms with Crippen LogP contribution in [0.2, 0.25) is 0 Å². The molecule has 1 fully saturated rings. The van der Waals surface area contributed by atoms with E-state index in [-0.39, 0.29) is 0 Å². The molecule has 0 radical (unpaired) electrons. The molecule has 0 aromatic carbocycles. The van der Waals surface area contributed by atoms with Crippen LogP contribution in [0.3, 0.4) is 0 Å². The minimum Gasteiger partial charge on any atom is -0.0819 e. The summed E-state index contributed by atoms with van der Waals surface area (Å²) < 4.78 is 0. The lowest BCUT2D eigenvalue weighted by Crippen LogP contribution is -2.03. The minimum atomic E-state index is 0.883. The third kappa shape index (κ3) is 0.810. The molecule has 2 aliphatic carbocycles. The number of hydrogen-bond acceptors (Lipinski definition) is 0. The van der Waals surface area contributed by atoms with Gasteiger partial charge in [-0.15, -0.1) is 0 Å². The number of hydrogen-bond donors (Lipinski definition) is 0. The van der Waals surface area contributed by atoms with E-state index in [4.69, 9.17) is 0 Å². The molecule has 9 heavy (non-hydrogen) atoms. The molecule has 0 N–H and O–H groups in total. The van der Waals surface area contributed by atoms with Crippen LogP contribution in [0.15, 0.2) is 11.6 Å². The van der Waals surface area contributed by atoms with Crippen molar-refractivity contribution in [2.45, 2.75) is 26.7 Å². The lowest BCUT2D eigenvalue weighted by Gasteiger charge is -2.15. The summed E-state index contributed by atoms with van der Waals surface area (Å²) >= 11 is 0. The van der Waals surface area contributed by atoms with Gasteiger partial charge in [0.25, 0.3) is 0 Å². The van der Waals surface area contributed by atoms with Gasteiger partial charge in [-0.05, 0) is 37.5 Å². The Kier molecular flexibility index (Phi) is 0.992. The van der Waals surface area contributed by atoms with Gasteiger partial charge in [-0.3, -0.25) is 0 Å². The van der Waals surface area contributed by atoms with Gasteiger partial charge in [0.05, 0.1) is 0 Å². The van der Waals surface area contributed by atoms with Crippen molar-refractivity contribution in [3.63, 3.8) is 0 Å². The van der Waals surface area contributed by atoms with E-state index < -0.39 is 0 Å². The highest BCUT2D eigenvalue weighted by Crippen LogP contribution is 2.49. The summed E-state index contributed by atoms with van der Waals surface area (Å²) in [6.45, 7) is 4.62. The topological polar surface area (TPSA) is 0 Å². The Hall–Kier alpha value is -0.260. The normalized spacial score (nSPS) is 47.8. The van der Waals surface area contributed by atoms with Crippen LogP contribution in [0.5, 0.6) is 0 Å². The standard InChI is InChI=1S/C9H14/c1-6-3-8-5-9(8)4-7(6)2/h3,7-9H,4-5H2,1-2H3. The first-order chi connectivity index (χ1) is 4.27. The van der Waals surface area contributed by atoms with Crippen LogP contribution in [0.4, 0.5) is 0 Å². The summed E-state index contributed by atoms with van der Waals surface area (Å²) in [4.78, 5) is 0. The molecule has 0 aromatic rings. The first-order valence-corrected chi connectivity index (χ1v) is 3.95. The second kappa shape index (κ2) is 1.62. The highest BCUT2D eigenvalue weighted by Gasteiger charge is 2.39. The largest absolute Gasteiger partial charge is 0.0819 e. The molecule has 1 saturated carbocycles. The fourth-order valence-corrected chi connectivity index (χ4v) is 1.89. The Balaban J connectivity index is 2.18. The highest BCUT2D eigenvalue weighted by atomic mass is 14.4. The fourth-order valence-electron chi connectivity index (χ4n) is 1.89. The first kappa shape index (κ1) is 5.52. The zero-order valence-corrected chi connectivity index (χ0v) is 6.22. The maximum absolute atomic E-state index is 2.48. The molecule has 0 heterocycles. The third-order valence-electron chi connectivity index (χ3n) is 2.89. The molecule has 0 aliphatic heterocycles. The van der Waals surface area contributed by atoms with Crippen LogP contribution in [-0.2, 0) is 0 Å². The smallest absolute Gasteiger partial charge is 0.0199 e. The monoisotopic (exact) mass is 122 g/mol. The van der Waals surface area contributed by atoms with E-state index >= 15 is 0 Å². The maximum Gasteiger partial charge on any atom is -0.0199 e. The summed E-state index contributed by atoms with van der Waals surface area (Å²) in [5.74, 6) is 2.97. The molecule has 0 aromatic heterocycles. The second-order valence-electron chi connectivity index (χ2n) is 3.71. The molecule has 2 rings (SSSR count). The summed E-state index contributed by atoms with van der Waals surface area (Å²) in [6.07, 6.45) is 5.44. The van der Waals surface area contributed by atoms with E-state index in [9.17, 15) is 0 Å². The second-order valence-corrected chi connectivity index (χ2v) is 3.71. The maximum atomic E-state index is 2.48. The molecule has 50 valence electrons. The van der Waals surface area contributed by atoms with Crippen LogP contribution >= 0.6 is 0 Å². The molecular weight excluding hydrogens is 108 g/mol. The number of fused-ring (bicyclic) bond motifs is 1. The van der Waals surface area contributed by atoms with Crippen LogP contribution < -0.4 is 0 Å². The molecule has 0 nitrogen and oxygen atoms in total. The van der Waals surface area contributed by atoms with Gasteiger partial charge in [0.2, 0.25) is 0 Å². The van der Waals surface area contributed by atoms with E-state index in [1.807, 2.05) is 0 Å².